The molecule has 0 fully saturated rings. The number of fused-ring (bicyclic) bond motifs is 1. The van der Waals surface area contributed by atoms with Crippen molar-refractivity contribution in [1.82, 2.24) is 15.4 Å². The van der Waals surface area contributed by atoms with Gasteiger partial charge in [-0.1, -0.05) is 18.2 Å². The maximum absolute atomic E-state index is 5.70. The average Bonchev–Trinajstić information content (AvgIpc) is 2.90. The van der Waals surface area contributed by atoms with E-state index in [-0.39, 0.29) is 6.04 Å². The first-order chi connectivity index (χ1) is 8.90. The molecule has 0 spiro atoms. The highest BCUT2D eigenvalue weighted by atomic mass is 16.5. The molecule has 1 aromatic carbocycles. The van der Waals surface area contributed by atoms with Crippen LogP contribution in [0.4, 0.5) is 0 Å². The zero-order chi connectivity index (χ0) is 12.4. The van der Waals surface area contributed by atoms with E-state index >= 15 is 0 Å². The van der Waals surface area contributed by atoms with Crippen molar-refractivity contribution >= 4 is 0 Å². The Morgan fingerprint density at radius 1 is 1.28 bits per heavy atom. The van der Waals surface area contributed by atoms with Crippen LogP contribution in [0.5, 0.6) is 5.75 Å². The number of rotatable bonds is 3. The number of para-hydroxylation sites is 1. The number of benzene rings is 1. The first-order valence-electron chi connectivity index (χ1n) is 5.86. The summed E-state index contributed by atoms with van der Waals surface area (Å²) in [4.78, 5) is 8.05. The van der Waals surface area contributed by atoms with Crippen molar-refractivity contribution in [2.24, 2.45) is 5.84 Å². The van der Waals surface area contributed by atoms with E-state index in [0.717, 1.165) is 29.9 Å². The normalized spacial score (nSPS) is 14.9. The summed E-state index contributed by atoms with van der Waals surface area (Å²) < 4.78 is 5.70. The number of aromatic nitrogens is 2. The SMILES string of the molecule is NNC(c1cncnc1)c1cccc2c1OCC2. The molecule has 1 aliphatic rings. The van der Waals surface area contributed by atoms with Gasteiger partial charge in [-0.3, -0.25) is 5.84 Å². The molecule has 1 aliphatic heterocycles. The third kappa shape index (κ3) is 1.83. The topological polar surface area (TPSA) is 73.1 Å². The summed E-state index contributed by atoms with van der Waals surface area (Å²) >= 11 is 0. The Hall–Kier alpha value is -1.98. The van der Waals surface area contributed by atoms with E-state index in [1.165, 1.54) is 11.9 Å². The summed E-state index contributed by atoms with van der Waals surface area (Å²) in [5.74, 6) is 6.60. The van der Waals surface area contributed by atoms with Crippen LogP contribution < -0.4 is 16.0 Å². The van der Waals surface area contributed by atoms with Crippen molar-refractivity contribution in [2.75, 3.05) is 6.61 Å². The maximum Gasteiger partial charge on any atom is 0.127 e. The lowest BCUT2D eigenvalue weighted by Crippen LogP contribution is -2.29. The number of hydrazine groups is 1. The first kappa shape index (κ1) is 11.1. The molecule has 1 atom stereocenters. The highest BCUT2D eigenvalue weighted by Gasteiger charge is 2.22. The van der Waals surface area contributed by atoms with Gasteiger partial charge in [0.2, 0.25) is 0 Å². The van der Waals surface area contributed by atoms with Gasteiger partial charge in [0.25, 0.3) is 0 Å². The molecule has 0 bridgehead atoms. The van der Waals surface area contributed by atoms with Crippen LogP contribution in [-0.2, 0) is 6.42 Å². The molecule has 2 aromatic rings. The maximum atomic E-state index is 5.70. The molecule has 0 saturated heterocycles. The lowest BCUT2D eigenvalue weighted by atomic mass is 9.98. The minimum absolute atomic E-state index is 0.153. The van der Waals surface area contributed by atoms with Crippen LogP contribution in [0.2, 0.25) is 0 Å². The number of ether oxygens (including phenoxy) is 1. The molecule has 1 aromatic heterocycles. The van der Waals surface area contributed by atoms with Crippen LogP contribution in [0.1, 0.15) is 22.7 Å². The van der Waals surface area contributed by atoms with Crippen molar-refractivity contribution in [3.63, 3.8) is 0 Å². The van der Waals surface area contributed by atoms with Crippen LogP contribution in [0.15, 0.2) is 36.9 Å². The quantitative estimate of drug-likeness (QED) is 0.619. The molecule has 2 heterocycles. The molecular weight excluding hydrogens is 228 g/mol. The van der Waals surface area contributed by atoms with Crippen LogP contribution in [0.25, 0.3) is 0 Å². The summed E-state index contributed by atoms with van der Waals surface area (Å²) in [6, 6.07) is 5.97. The van der Waals surface area contributed by atoms with E-state index in [2.05, 4.69) is 21.5 Å². The fourth-order valence-corrected chi connectivity index (χ4v) is 2.29. The molecular formula is C13H14N4O. The van der Waals surface area contributed by atoms with Crippen LogP contribution in [-0.4, -0.2) is 16.6 Å². The average molecular weight is 242 g/mol. The van der Waals surface area contributed by atoms with Gasteiger partial charge in [0.1, 0.15) is 12.1 Å². The van der Waals surface area contributed by atoms with Crippen molar-refractivity contribution in [3.8, 4) is 5.75 Å². The van der Waals surface area contributed by atoms with Crippen molar-refractivity contribution in [3.05, 3.63) is 53.6 Å². The second kappa shape index (κ2) is 4.72. The Morgan fingerprint density at radius 2 is 2.11 bits per heavy atom. The number of hydrogen-bond donors (Lipinski definition) is 2. The van der Waals surface area contributed by atoms with Gasteiger partial charge in [-0.05, 0) is 5.56 Å². The van der Waals surface area contributed by atoms with Gasteiger partial charge in [0.15, 0.2) is 0 Å². The smallest absolute Gasteiger partial charge is 0.127 e. The first-order valence-corrected chi connectivity index (χ1v) is 5.86. The van der Waals surface area contributed by atoms with Crippen LogP contribution >= 0.6 is 0 Å². The fraction of sp³-hybridized carbons (Fsp3) is 0.231. The molecule has 3 N–H and O–H groups in total. The third-order valence-corrected chi connectivity index (χ3v) is 3.14. The predicted octanol–water partition coefficient (Wildman–Crippen LogP) is 0.964. The Kier molecular flexibility index (Phi) is 2.92. The summed E-state index contributed by atoms with van der Waals surface area (Å²) in [5, 5.41) is 0. The monoisotopic (exact) mass is 242 g/mol. The number of hydrogen-bond acceptors (Lipinski definition) is 5. The van der Waals surface area contributed by atoms with Crippen molar-refractivity contribution in [2.45, 2.75) is 12.5 Å². The standard InChI is InChI=1S/C13H14N4O/c14-17-12(10-6-15-8-16-7-10)11-3-1-2-9-4-5-18-13(9)11/h1-3,6-8,12,17H,4-5,14H2. The molecule has 5 heteroatoms. The molecule has 0 radical (unpaired) electrons. The van der Waals surface area contributed by atoms with Gasteiger partial charge in [0.05, 0.1) is 12.6 Å². The van der Waals surface area contributed by atoms with Crippen LogP contribution in [0.3, 0.4) is 0 Å². The Morgan fingerprint density at radius 3 is 2.89 bits per heavy atom. The summed E-state index contributed by atoms with van der Waals surface area (Å²) in [5.41, 5.74) is 5.98. The largest absolute Gasteiger partial charge is 0.493 e. The highest BCUT2D eigenvalue weighted by Crippen LogP contribution is 2.35. The molecule has 92 valence electrons. The van der Waals surface area contributed by atoms with Crippen molar-refractivity contribution in [1.29, 1.82) is 0 Å². The van der Waals surface area contributed by atoms with Gasteiger partial charge in [-0.2, -0.15) is 0 Å². The fourth-order valence-electron chi connectivity index (χ4n) is 2.29. The molecule has 5 nitrogen and oxygen atoms in total. The number of nitrogens with two attached hydrogens (primary N) is 1. The minimum atomic E-state index is -0.153. The molecule has 0 aliphatic carbocycles. The van der Waals surface area contributed by atoms with E-state index in [1.54, 1.807) is 12.4 Å². The van der Waals surface area contributed by atoms with Gasteiger partial charge < -0.3 is 4.74 Å². The van der Waals surface area contributed by atoms with E-state index in [4.69, 9.17) is 10.6 Å². The zero-order valence-electron chi connectivity index (χ0n) is 9.84. The van der Waals surface area contributed by atoms with Gasteiger partial charge in [-0.25, -0.2) is 15.4 Å². The minimum Gasteiger partial charge on any atom is -0.493 e. The molecule has 18 heavy (non-hydrogen) atoms. The lowest BCUT2D eigenvalue weighted by Gasteiger charge is -2.18. The molecule has 0 saturated carbocycles. The number of nitrogens with one attached hydrogen (secondary N) is 1. The molecule has 0 amide bonds. The molecule has 3 rings (SSSR count). The lowest BCUT2D eigenvalue weighted by molar-refractivity contribution is 0.350. The highest BCUT2D eigenvalue weighted by molar-refractivity contribution is 5.48. The van der Waals surface area contributed by atoms with Crippen molar-refractivity contribution < 1.29 is 4.74 Å². The van der Waals surface area contributed by atoms with E-state index in [0.29, 0.717) is 0 Å². The van der Waals surface area contributed by atoms with E-state index < -0.39 is 0 Å². The molecule has 1 unspecified atom stereocenters. The number of nitrogens with zero attached hydrogens (tertiary/aromatic N) is 2. The summed E-state index contributed by atoms with van der Waals surface area (Å²) in [6.45, 7) is 0.731. The Bertz CT molecular complexity index is 544. The second-order valence-corrected chi connectivity index (χ2v) is 4.21. The van der Waals surface area contributed by atoms with Gasteiger partial charge >= 0.3 is 0 Å². The second-order valence-electron chi connectivity index (χ2n) is 4.21. The van der Waals surface area contributed by atoms with Crippen LogP contribution in [0, 0.1) is 0 Å². The zero-order valence-corrected chi connectivity index (χ0v) is 9.84. The summed E-state index contributed by atoms with van der Waals surface area (Å²) in [6.07, 6.45) is 5.96. The Balaban J connectivity index is 2.05. The van der Waals surface area contributed by atoms with E-state index in [9.17, 15) is 0 Å². The van der Waals surface area contributed by atoms with Gasteiger partial charge in [0, 0.05) is 29.9 Å². The van der Waals surface area contributed by atoms with Gasteiger partial charge in [-0.15, -0.1) is 0 Å². The third-order valence-electron chi connectivity index (χ3n) is 3.14. The Labute approximate surface area is 105 Å². The van der Waals surface area contributed by atoms with E-state index in [1.807, 2.05) is 12.1 Å². The summed E-state index contributed by atoms with van der Waals surface area (Å²) in [7, 11) is 0. The predicted molar refractivity (Wildman–Crippen MR) is 66.8 cm³/mol.